The average molecular weight is 287 g/mol. The molecule has 0 atom stereocenters. The van der Waals surface area contributed by atoms with Crippen LogP contribution < -0.4 is 0 Å². The molecule has 0 aliphatic carbocycles. The molecule has 19 heavy (non-hydrogen) atoms. The van der Waals surface area contributed by atoms with Crippen LogP contribution in [0.1, 0.15) is 53.4 Å². The lowest BCUT2D eigenvalue weighted by atomic mass is 9.80. The average Bonchev–Trinajstić information content (AvgIpc) is 2.40. The van der Waals surface area contributed by atoms with Gasteiger partial charge in [0.05, 0.1) is 0 Å². The highest BCUT2D eigenvalue weighted by Gasteiger charge is 2.30. The van der Waals surface area contributed by atoms with E-state index in [9.17, 15) is 0 Å². The minimum Gasteiger partial charge on any atom is -0.300 e. The first-order valence-corrected chi connectivity index (χ1v) is 8.77. The molecule has 0 unspecified atom stereocenters. The molecule has 1 saturated heterocycles. The largest absolute Gasteiger partial charge is 0.300 e. The first kappa shape index (κ1) is 17.3. The molecular weight excluding hydrogens is 252 g/mol. The standard InChI is InChI=1S/C16H34N2S/c1-5-7-16(14-19,8-6-2)13-17-9-11-18(12-10-17)15(3)4/h15,19H,5-14H2,1-4H3. The molecule has 0 N–H and O–H groups in total. The fourth-order valence-corrected chi connectivity index (χ4v) is 3.88. The smallest absolute Gasteiger partial charge is 0.0113 e. The minimum absolute atomic E-state index is 0.451. The van der Waals surface area contributed by atoms with Crippen molar-refractivity contribution in [1.82, 2.24) is 9.80 Å². The molecule has 3 heteroatoms. The Kier molecular flexibility index (Phi) is 7.78. The van der Waals surface area contributed by atoms with Crippen molar-refractivity contribution >= 4 is 12.6 Å². The van der Waals surface area contributed by atoms with Crippen molar-refractivity contribution in [2.24, 2.45) is 5.41 Å². The number of rotatable bonds is 8. The fraction of sp³-hybridized carbons (Fsp3) is 1.00. The quantitative estimate of drug-likeness (QED) is 0.682. The van der Waals surface area contributed by atoms with E-state index in [1.54, 1.807) is 0 Å². The Labute approximate surface area is 126 Å². The van der Waals surface area contributed by atoms with E-state index in [1.165, 1.54) is 58.4 Å². The number of nitrogens with zero attached hydrogens (tertiary/aromatic N) is 2. The zero-order valence-corrected chi connectivity index (χ0v) is 14.4. The van der Waals surface area contributed by atoms with E-state index in [1.807, 2.05) is 0 Å². The van der Waals surface area contributed by atoms with Gasteiger partial charge in [0, 0.05) is 38.8 Å². The minimum atomic E-state index is 0.451. The van der Waals surface area contributed by atoms with E-state index in [-0.39, 0.29) is 0 Å². The highest BCUT2D eigenvalue weighted by molar-refractivity contribution is 7.80. The van der Waals surface area contributed by atoms with Crippen LogP contribution in [0.25, 0.3) is 0 Å². The molecule has 0 aromatic heterocycles. The molecule has 0 aromatic carbocycles. The summed E-state index contributed by atoms with van der Waals surface area (Å²) in [6.07, 6.45) is 5.22. The van der Waals surface area contributed by atoms with Crippen LogP contribution in [-0.4, -0.2) is 54.3 Å². The topological polar surface area (TPSA) is 6.48 Å². The Morgan fingerprint density at radius 1 is 1.00 bits per heavy atom. The Morgan fingerprint density at radius 3 is 1.89 bits per heavy atom. The van der Waals surface area contributed by atoms with Gasteiger partial charge in [-0.2, -0.15) is 12.6 Å². The highest BCUT2D eigenvalue weighted by atomic mass is 32.1. The van der Waals surface area contributed by atoms with Crippen molar-refractivity contribution in [2.45, 2.75) is 59.4 Å². The van der Waals surface area contributed by atoms with Gasteiger partial charge in [-0.3, -0.25) is 4.90 Å². The summed E-state index contributed by atoms with van der Waals surface area (Å²) in [4.78, 5) is 5.28. The molecule has 0 aromatic rings. The number of hydrogen-bond acceptors (Lipinski definition) is 3. The fourth-order valence-electron chi connectivity index (χ4n) is 3.46. The maximum atomic E-state index is 4.68. The highest BCUT2D eigenvalue weighted by Crippen LogP contribution is 2.32. The summed E-state index contributed by atoms with van der Waals surface area (Å²) in [5.74, 6) is 1.04. The second kappa shape index (κ2) is 8.53. The molecule has 2 nitrogen and oxygen atoms in total. The SMILES string of the molecule is CCCC(CS)(CCC)CN1CCN(C(C)C)CC1. The molecule has 1 aliphatic heterocycles. The summed E-state index contributed by atoms with van der Waals surface area (Å²) in [6.45, 7) is 15.4. The predicted octanol–water partition coefficient (Wildman–Crippen LogP) is 3.53. The van der Waals surface area contributed by atoms with Gasteiger partial charge in [-0.1, -0.05) is 26.7 Å². The van der Waals surface area contributed by atoms with Gasteiger partial charge in [0.2, 0.25) is 0 Å². The lowest BCUT2D eigenvalue weighted by Gasteiger charge is -2.42. The lowest BCUT2D eigenvalue weighted by Crippen LogP contribution is -2.52. The third kappa shape index (κ3) is 5.28. The summed E-state index contributed by atoms with van der Waals surface area (Å²) in [7, 11) is 0. The summed E-state index contributed by atoms with van der Waals surface area (Å²) >= 11 is 4.68. The van der Waals surface area contributed by atoms with Crippen molar-refractivity contribution in [3.05, 3.63) is 0 Å². The molecule has 1 heterocycles. The predicted molar refractivity (Wildman–Crippen MR) is 89.3 cm³/mol. The van der Waals surface area contributed by atoms with Crippen molar-refractivity contribution in [2.75, 3.05) is 38.5 Å². The summed E-state index contributed by atoms with van der Waals surface area (Å²) in [5.41, 5.74) is 0.451. The lowest BCUT2D eigenvalue weighted by molar-refractivity contribution is 0.0704. The van der Waals surface area contributed by atoms with E-state index in [0.717, 1.165) is 5.75 Å². The van der Waals surface area contributed by atoms with E-state index in [4.69, 9.17) is 0 Å². The summed E-state index contributed by atoms with van der Waals surface area (Å²) in [6, 6.07) is 0.697. The van der Waals surface area contributed by atoms with E-state index in [2.05, 4.69) is 50.1 Å². The first-order chi connectivity index (χ1) is 9.06. The Morgan fingerprint density at radius 2 is 1.53 bits per heavy atom. The molecule has 1 aliphatic rings. The second-order valence-corrected chi connectivity index (χ2v) is 6.88. The van der Waals surface area contributed by atoms with Crippen LogP contribution in [0.2, 0.25) is 0 Å². The molecule has 0 spiro atoms. The second-order valence-electron chi connectivity index (χ2n) is 6.56. The van der Waals surface area contributed by atoms with Crippen LogP contribution in [0.15, 0.2) is 0 Å². The van der Waals surface area contributed by atoms with Gasteiger partial charge in [-0.05, 0) is 37.9 Å². The Bertz CT molecular complexity index is 229. The number of thiol groups is 1. The van der Waals surface area contributed by atoms with E-state index in [0.29, 0.717) is 11.5 Å². The van der Waals surface area contributed by atoms with Gasteiger partial charge in [-0.15, -0.1) is 0 Å². The first-order valence-electron chi connectivity index (χ1n) is 8.14. The normalized spacial score (nSPS) is 19.3. The maximum Gasteiger partial charge on any atom is 0.0113 e. The zero-order chi connectivity index (χ0) is 14.3. The number of hydrogen-bond donors (Lipinski definition) is 1. The Balaban J connectivity index is 2.51. The monoisotopic (exact) mass is 286 g/mol. The molecule has 0 bridgehead atoms. The molecule has 0 saturated carbocycles. The Hall–Kier alpha value is 0.270. The van der Waals surface area contributed by atoms with E-state index >= 15 is 0 Å². The van der Waals surface area contributed by atoms with Crippen molar-refractivity contribution in [1.29, 1.82) is 0 Å². The third-order valence-corrected chi connectivity index (χ3v) is 5.26. The van der Waals surface area contributed by atoms with Crippen LogP contribution in [0, 0.1) is 5.41 Å². The molecular formula is C16H34N2S. The molecule has 0 radical (unpaired) electrons. The summed E-state index contributed by atoms with van der Waals surface area (Å²) < 4.78 is 0. The maximum absolute atomic E-state index is 4.68. The van der Waals surface area contributed by atoms with Crippen LogP contribution in [0.4, 0.5) is 0 Å². The van der Waals surface area contributed by atoms with Gasteiger partial charge in [0.1, 0.15) is 0 Å². The van der Waals surface area contributed by atoms with Crippen LogP contribution in [-0.2, 0) is 0 Å². The molecule has 0 amide bonds. The van der Waals surface area contributed by atoms with Gasteiger partial charge < -0.3 is 4.90 Å². The van der Waals surface area contributed by atoms with Crippen LogP contribution >= 0.6 is 12.6 Å². The molecule has 114 valence electrons. The van der Waals surface area contributed by atoms with Crippen molar-refractivity contribution in [3.63, 3.8) is 0 Å². The van der Waals surface area contributed by atoms with Gasteiger partial charge in [-0.25, -0.2) is 0 Å². The zero-order valence-electron chi connectivity index (χ0n) is 13.5. The van der Waals surface area contributed by atoms with Crippen LogP contribution in [0.5, 0.6) is 0 Å². The van der Waals surface area contributed by atoms with Gasteiger partial charge in [0.15, 0.2) is 0 Å². The third-order valence-electron chi connectivity index (χ3n) is 4.59. The van der Waals surface area contributed by atoms with Crippen molar-refractivity contribution < 1.29 is 0 Å². The molecule has 1 fully saturated rings. The van der Waals surface area contributed by atoms with Crippen LogP contribution in [0.3, 0.4) is 0 Å². The van der Waals surface area contributed by atoms with Gasteiger partial charge >= 0.3 is 0 Å². The molecule has 1 rings (SSSR count). The van der Waals surface area contributed by atoms with E-state index < -0.39 is 0 Å². The van der Waals surface area contributed by atoms with Crippen molar-refractivity contribution in [3.8, 4) is 0 Å². The summed E-state index contributed by atoms with van der Waals surface area (Å²) in [5, 5.41) is 0. The number of piperazine rings is 1. The van der Waals surface area contributed by atoms with Gasteiger partial charge in [0.25, 0.3) is 0 Å².